The molecule has 0 aliphatic carbocycles. The third kappa shape index (κ3) is 13.8. The Labute approximate surface area is 215 Å². The summed E-state index contributed by atoms with van der Waals surface area (Å²) in [7, 11) is 0. The summed E-state index contributed by atoms with van der Waals surface area (Å²) in [5.41, 5.74) is 1.23. The molecule has 0 fully saturated rings. The van der Waals surface area contributed by atoms with E-state index >= 15 is 0 Å². The van der Waals surface area contributed by atoms with Crippen LogP contribution in [0.2, 0.25) is 0 Å². The molecule has 3 atom stereocenters. The number of rotatable bonds is 15. The lowest BCUT2D eigenvalue weighted by Gasteiger charge is -2.24. The van der Waals surface area contributed by atoms with Crippen molar-refractivity contribution in [1.29, 1.82) is 0 Å². The first-order chi connectivity index (χ1) is 16.9. The molecule has 1 aromatic carbocycles. The summed E-state index contributed by atoms with van der Waals surface area (Å²) in [6.45, 7) is 15.6. The fraction of sp³-hybridized carbons (Fsp3) is 0.552. The minimum absolute atomic E-state index is 0.134. The van der Waals surface area contributed by atoms with Gasteiger partial charge >= 0.3 is 17.9 Å². The topological polar surface area (TPSA) is 88.1 Å². The summed E-state index contributed by atoms with van der Waals surface area (Å²) < 4.78 is 21.8. The van der Waals surface area contributed by atoms with E-state index in [1.54, 1.807) is 27.7 Å². The largest absolute Gasteiger partial charge is 0.463 e. The second kappa shape index (κ2) is 15.9. The first-order valence-corrected chi connectivity index (χ1v) is 12.4. The lowest BCUT2D eigenvalue weighted by molar-refractivity contribution is -0.156. The van der Waals surface area contributed by atoms with Gasteiger partial charge in [-0.2, -0.15) is 0 Å². The fourth-order valence-corrected chi connectivity index (χ4v) is 3.50. The van der Waals surface area contributed by atoms with Crippen molar-refractivity contribution in [3.05, 3.63) is 60.2 Å². The molecule has 0 amide bonds. The van der Waals surface area contributed by atoms with Crippen molar-refractivity contribution in [3.8, 4) is 0 Å². The highest BCUT2D eigenvalue weighted by Crippen LogP contribution is 2.24. The molecule has 0 radical (unpaired) electrons. The zero-order chi connectivity index (χ0) is 27.1. The molecule has 0 spiro atoms. The molecule has 0 aliphatic heterocycles. The predicted molar refractivity (Wildman–Crippen MR) is 139 cm³/mol. The van der Waals surface area contributed by atoms with Gasteiger partial charge < -0.3 is 18.9 Å². The molecule has 7 heteroatoms. The highest BCUT2D eigenvalue weighted by atomic mass is 16.6. The Kier molecular flexibility index (Phi) is 13.8. The monoisotopic (exact) mass is 502 g/mol. The van der Waals surface area contributed by atoms with Crippen molar-refractivity contribution in [2.24, 2.45) is 11.3 Å². The molecule has 0 saturated carbocycles. The maximum atomic E-state index is 12.4. The van der Waals surface area contributed by atoms with E-state index in [1.807, 2.05) is 37.3 Å². The second-order valence-corrected chi connectivity index (χ2v) is 10.0. The Morgan fingerprint density at radius 3 is 2.31 bits per heavy atom. The molecule has 200 valence electrons. The molecule has 0 heterocycles. The molecular weight excluding hydrogens is 460 g/mol. The van der Waals surface area contributed by atoms with Gasteiger partial charge in [0.05, 0.1) is 25.2 Å². The van der Waals surface area contributed by atoms with Gasteiger partial charge in [-0.3, -0.25) is 9.59 Å². The normalized spacial score (nSPS) is 14.1. The highest BCUT2D eigenvalue weighted by molar-refractivity contribution is 5.82. The van der Waals surface area contributed by atoms with Crippen molar-refractivity contribution >= 4 is 17.9 Å². The molecule has 1 rings (SSSR count). The van der Waals surface area contributed by atoms with Gasteiger partial charge in [0.15, 0.2) is 0 Å². The Morgan fingerprint density at radius 1 is 1.06 bits per heavy atom. The maximum absolute atomic E-state index is 12.4. The Morgan fingerprint density at radius 2 is 1.72 bits per heavy atom. The van der Waals surface area contributed by atoms with Gasteiger partial charge in [0.25, 0.3) is 0 Å². The van der Waals surface area contributed by atoms with Crippen molar-refractivity contribution in [3.63, 3.8) is 0 Å². The van der Waals surface area contributed by atoms with Crippen LogP contribution in [-0.2, 0) is 39.9 Å². The number of carbonyl (C=O) groups is 3. The summed E-state index contributed by atoms with van der Waals surface area (Å²) in [5, 5.41) is 0. The predicted octanol–water partition coefficient (Wildman–Crippen LogP) is 5.57. The molecule has 7 nitrogen and oxygen atoms in total. The number of ether oxygens (including phenoxy) is 4. The van der Waals surface area contributed by atoms with E-state index in [2.05, 4.69) is 6.58 Å². The van der Waals surface area contributed by atoms with Crippen LogP contribution in [0.1, 0.15) is 66.4 Å². The van der Waals surface area contributed by atoms with Crippen LogP contribution < -0.4 is 0 Å². The van der Waals surface area contributed by atoms with Crippen LogP contribution in [0.4, 0.5) is 0 Å². The standard InChI is InChI=1S/C29H42O7/c1-8-34-27(31)15-14-25(36-28(32)29(5,6)7)17-21(2)16-22(3)18-26(35-23(4)30)20-33-19-24-12-10-9-11-13-24/h9-15,22,25-26H,2,8,16-20H2,1,3-7H3/b15-14+/t22-,25+,26+/m0/s1. The van der Waals surface area contributed by atoms with E-state index in [0.717, 1.165) is 11.1 Å². The first-order valence-electron chi connectivity index (χ1n) is 12.4. The Balaban J connectivity index is 2.70. The van der Waals surface area contributed by atoms with Gasteiger partial charge in [-0.1, -0.05) is 49.4 Å². The maximum Gasteiger partial charge on any atom is 0.330 e. The van der Waals surface area contributed by atoms with Gasteiger partial charge in [0, 0.05) is 19.4 Å². The number of benzene rings is 1. The molecule has 1 aromatic rings. The molecule has 0 saturated heterocycles. The number of hydrogen-bond acceptors (Lipinski definition) is 7. The van der Waals surface area contributed by atoms with Crippen LogP contribution in [-0.4, -0.2) is 43.3 Å². The summed E-state index contributed by atoms with van der Waals surface area (Å²) in [5.74, 6) is -1.08. The van der Waals surface area contributed by atoms with Crippen LogP contribution in [0.3, 0.4) is 0 Å². The van der Waals surface area contributed by atoms with Crippen LogP contribution >= 0.6 is 0 Å². The van der Waals surface area contributed by atoms with Crippen molar-refractivity contribution in [2.75, 3.05) is 13.2 Å². The zero-order valence-corrected chi connectivity index (χ0v) is 22.6. The van der Waals surface area contributed by atoms with Crippen molar-refractivity contribution in [2.45, 2.75) is 79.6 Å². The van der Waals surface area contributed by atoms with Gasteiger partial charge in [-0.05, 0) is 58.1 Å². The van der Waals surface area contributed by atoms with Gasteiger partial charge in [0.2, 0.25) is 0 Å². The number of esters is 3. The van der Waals surface area contributed by atoms with Crippen LogP contribution in [0.25, 0.3) is 0 Å². The third-order valence-electron chi connectivity index (χ3n) is 5.14. The average molecular weight is 503 g/mol. The van der Waals surface area contributed by atoms with E-state index in [1.165, 1.54) is 19.1 Å². The molecular formula is C29H42O7. The van der Waals surface area contributed by atoms with Gasteiger partial charge in [-0.15, -0.1) is 0 Å². The number of hydrogen-bond donors (Lipinski definition) is 0. The van der Waals surface area contributed by atoms with Gasteiger partial charge in [0.1, 0.15) is 12.2 Å². The molecule has 0 aliphatic rings. The van der Waals surface area contributed by atoms with Crippen LogP contribution in [0.15, 0.2) is 54.6 Å². The van der Waals surface area contributed by atoms with Crippen molar-refractivity contribution in [1.82, 2.24) is 0 Å². The average Bonchev–Trinajstić information content (AvgIpc) is 2.77. The minimum atomic E-state index is -0.679. The summed E-state index contributed by atoms with van der Waals surface area (Å²) in [4.78, 5) is 35.8. The fourth-order valence-electron chi connectivity index (χ4n) is 3.50. The van der Waals surface area contributed by atoms with Gasteiger partial charge in [-0.25, -0.2) is 4.79 Å². The number of carbonyl (C=O) groups excluding carboxylic acids is 3. The lowest BCUT2D eigenvalue weighted by Crippen LogP contribution is -2.28. The van der Waals surface area contributed by atoms with E-state index in [4.69, 9.17) is 18.9 Å². The summed E-state index contributed by atoms with van der Waals surface area (Å²) >= 11 is 0. The summed E-state index contributed by atoms with van der Waals surface area (Å²) in [6, 6.07) is 9.80. The molecule has 0 bridgehead atoms. The highest BCUT2D eigenvalue weighted by Gasteiger charge is 2.26. The smallest absolute Gasteiger partial charge is 0.330 e. The second-order valence-electron chi connectivity index (χ2n) is 10.0. The van der Waals surface area contributed by atoms with E-state index in [9.17, 15) is 14.4 Å². The van der Waals surface area contributed by atoms with E-state index in [0.29, 0.717) is 32.5 Å². The van der Waals surface area contributed by atoms with Crippen LogP contribution in [0.5, 0.6) is 0 Å². The molecule has 36 heavy (non-hydrogen) atoms. The molecule has 0 unspecified atom stereocenters. The van der Waals surface area contributed by atoms with E-state index < -0.39 is 17.5 Å². The lowest BCUT2D eigenvalue weighted by atomic mass is 9.93. The Bertz CT molecular complexity index is 867. The SMILES string of the molecule is C=C(C[C@H](C)C[C@H](COCc1ccccc1)OC(C)=O)C[C@@H](/C=C/C(=O)OCC)OC(=O)C(C)(C)C. The molecule has 0 aromatic heterocycles. The quantitative estimate of drug-likeness (QED) is 0.134. The minimum Gasteiger partial charge on any atom is -0.463 e. The molecule has 0 N–H and O–H groups in total. The third-order valence-corrected chi connectivity index (χ3v) is 5.14. The summed E-state index contributed by atoms with van der Waals surface area (Å²) in [6.07, 6.45) is 3.39. The zero-order valence-electron chi connectivity index (χ0n) is 22.6. The van der Waals surface area contributed by atoms with Crippen LogP contribution in [0, 0.1) is 11.3 Å². The first kappa shape index (κ1) is 31.1. The van der Waals surface area contributed by atoms with E-state index in [-0.39, 0.29) is 30.6 Å². The van der Waals surface area contributed by atoms with Crippen molar-refractivity contribution < 1.29 is 33.3 Å². The Hall–Kier alpha value is -2.93.